The van der Waals surface area contributed by atoms with Gasteiger partial charge in [-0.1, -0.05) is 18.2 Å². The number of fused-ring (bicyclic) bond motifs is 1. The number of rotatable bonds is 6. The summed E-state index contributed by atoms with van der Waals surface area (Å²) in [6.45, 7) is 1.21. The number of hydrogen-bond donors (Lipinski definition) is 1. The molecule has 1 aliphatic heterocycles. The lowest BCUT2D eigenvalue weighted by Crippen LogP contribution is -2.69. The number of nitrogens with zero attached hydrogens (tertiary/aromatic N) is 1. The topological polar surface area (TPSA) is 50.8 Å². The maximum atomic E-state index is 12.1. The van der Waals surface area contributed by atoms with Gasteiger partial charge in [-0.25, -0.2) is 0 Å². The summed E-state index contributed by atoms with van der Waals surface area (Å²) in [4.78, 5) is 14.3. The Bertz CT molecular complexity index is 506. The van der Waals surface area contributed by atoms with Gasteiger partial charge in [-0.05, 0) is 32.6 Å². The smallest absolute Gasteiger partial charge is 0.223 e. The third-order valence-corrected chi connectivity index (χ3v) is 4.61. The van der Waals surface area contributed by atoms with Crippen molar-refractivity contribution in [2.45, 2.75) is 31.0 Å². The largest absolute Gasteiger partial charge is 0.493 e. The van der Waals surface area contributed by atoms with E-state index in [0.29, 0.717) is 18.9 Å². The van der Waals surface area contributed by atoms with Crippen LogP contribution >= 0.6 is 0 Å². The monoisotopic (exact) mass is 304 g/mol. The van der Waals surface area contributed by atoms with Crippen molar-refractivity contribution < 1.29 is 14.3 Å². The van der Waals surface area contributed by atoms with Crippen molar-refractivity contribution in [1.82, 2.24) is 10.2 Å². The molecule has 4 atom stereocenters. The molecule has 1 saturated heterocycles. The van der Waals surface area contributed by atoms with Crippen LogP contribution in [-0.2, 0) is 9.53 Å². The van der Waals surface area contributed by atoms with Crippen molar-refractivity contribution in [3.63, 3.8) is 0 Å². The van der Waals surface area contributed by atoms with Crippen LogP contribution in [0.4, 0.5) is 0 Å². The molecule has 120 valence electrons. The molecule has 0 spiro atoms. The molecule has 1 aliphatic carbocycles. The highest BCUT2D eigenvalue weighted by molar-refractivity contribution is 5.76. The summed E-state index contributed by atoms with van der Waals surface area (Å²) in [5.74, 6) is 1.32. The van der Waals surface area contributed by atoms with E-state index in [1.807, 2.05) is 44.4 Å². The quantitative estimate of drug-likeness (QED) is 0.860. The lowest BCUT2D eigenvalue weighted by molar-refractivity contribution is -0.128. The van der Waals surface area contributed by atoms with Crippen LogP contribution in [0.5, 0.6) is 5.75 Å². The first-order valence-corrected chi connectivity index (χ1v) is 7.92. The zero-order valence-corrected chi connectivity index (χ0v) is 13.2. The molecule has 5 nitrogen and oxygen atoms in total. The maximum Gasteiger partial charge on any atom is 0.223 e. The van der Waals surface area contributed by atoms with Gasteiger partial charge in [-0.15, -0.1) is 0 Å². The molecule has 1 aromatic carbocycles. The summed E-state index contributed by atoms with van der Waals surface area (Å²) in [6.07, 6.45) is 1.70. The van der Waals surface area contributed by atoms with E-state index in [1.54, 1.807) is 0 Å². The molecule has 2 aliphatic rings. The number of nitrogens with one attached hydrogen (secondary N) is 1. The van der Waals surface area contributed by atoms with Crippen LogP contribution in [-0.4, -0.2) is 56.3 Å². The number of ether oxygens (including phenoxy) is 2. The van der Waals surface area contributed by atoms with E-state index in [1.165, 1.54) is 0 Å². The fourth-order valence-electron chi connectivity index (χ4n) is 3.52. The minimum absolute atomic E-state index is 0.0538. The number of benzene rings is 1. The van der Waals surface area contributed by atoms with E-state index in [4.69, 9.17) is 9.47 Å². The van der Waals surface area contributed by atoms with E-state index in [-0.39, 0.29) is 24.1 Å². The maximum absolute atomic E-state index is 12.1. The molecular weight excluding hydrogens is 280 g/mol. The van der Waals surface area contributed by atoms with Gasteiger partial charge in [-0.2, -0.15) is 0 Å². The van der Waals surface area contributed by atoms with Crippen LogP contribution in [0.15, 0.2) is 30.3 Å². The first-order chi connectivity index (χ1) is 10.7. The van der Waals surface area contributed by atoms with Gasteiger partial charge in [0.15, 0.2) is 0 Å². The predicted molar refractivity (Wildman–Crippen MR) is 83.8 cm³/mol. The second-order valence-electron chi connectivity index (χ2n) is 6.25. The lowest BCUT2D eigenvalue weighted by atomic mass is 9.71. The Morgan fingerprint density at radius 2 is 2.14 bits per heavy atom. The zero-order chi connectivity index (χ0) is 15.5. The molecule has 1 N–H and O–H groups in total. The zero-order valence-electron chi connectivity index (χ0n) is 13.2. The highest BCUT2D eigenvalue weighted by Crippen LogP contribution is 2.41. The molecule has 0 bridgehead atoms. The van der Waals surface area contributed by atoms with E-state index < -0.39 is 0 Å². The average Bonchev–Trinajstić information content (AvgIpc) is 2.89. The van der Waals surface area contributed by atoms with Gasteiger partial charge in [0.2, 0.25) is 5.91 Å². The van der Waals surface area contributed by atoms with E-state index in [0.717, 1.165) is 18.8 Å². The summed E-state index contributed by atoms with van der Waals surface area (Å²) in [5, 5.41) is 3.16. The standard InChI is InChI=1S/C17H24N2O3/c1-19(2)16-15(13-8-10-22-17(13)16)18-14(20)9-11-21-12-6-4-3-5-7-12/h3-7,13,15-17H,8-11H2,1-2H3,(H,18,20)/t13-,15+,16-,17-/m0/s1. The minimum atomic E-state index is 0.0538. The second kappa shape index (κ2) is 6.67. The van der Waals surface area contributed by atoms with Crippen LogP contribution in [0.3, 0.4) is 0 Å². The molecular formula is C17H24N2O3. The summed E-state index contributed by atoms with van der Waals surface area (Å²) < 4.78 is 11.3. The molecule has 0 aromatic heterocycles. The first-order valence-electron chi connectivity index (χ1n) is 7.92. The predicted octanol–water partition coefficient (Wildman–Crippen LogP) is 1.29. The van der Waals surface area contributed by atoms with Crippen LogP contribution in [0.1, 0.15) is 12.8 Å². The Hall–Kier alpha value is -1.59. The van der Waals surface area contributed by atoms with Crippen molar-refractivity contribution in [2.24, 2.45) is 5.92 Å². The first kappa shape index (κ1) is 15.3. The highest BCUT2D eigenvalue weighted by atomic mass is 16.5. The SMILES string of the molecule is CN(C)[C@H]1[C@H](NC(=O)CCOc2ccccc2)[C@@H]2CCO[C@@H]21. The van der Waals surface area contributed by atoms with Gasteiger partial charge in [0, 0.05) is 12.5 Å². The molecule has 1 amide bonds. The van der Waals surface area contributed by atoms with Gasteiger partial charge in [0.25, 0.3) is 0 Å². The highest BCUT2D eigenvalue weighted by Gasteiger charge is 2.55. The molecule has 22 heavy (non-hydrogen) atoms. The summed E-state index contributed by atoms with van der Waals surface area (Å²) in [5.41, 5.74) is 0. The number of likely N-dealkylation sites (N-methyl/N-ethyl adjacent to an activating group) is 1. The second-order valence-corrected chi connectivity index (χ2v) is 6.25. The van der Waals surface area contributed by atoms with Crippen LogP contribution in [0.25, 0.3) is 0 Å². The van der Waals surface area contributed by atoms with Crippen LogP contribution in [0.2, 0.25) is 0 Å². The molecule has 0 radical (unpaired) electrons. The number of amides is 1. The van der Waals surface area contributed by atoms with Crippen molar-refractivity contribution in [1.29, 1.82) is 0 Å². The molecule has 1 aromatic rings. The third-order valence-electron chi connectivity index (χ3n) is 4.61. The van der Waals surface area contributed by atoms with Gasteiger partial charge >= 0.3 is 0 Å². The lowest BCUT2D eigenvalue weighted by Gasteiger charge is -2.50. The van der Waals surface area contributed by atoms with E-state index in [9.17, 15) is 4.79 Å². The normalized spacial score (nSPS) is 29.8. The Kier molecular flexibility index (Phi) is 4.64. The summed E-state index contributed by atoms with van der Waals surface area (Å²) in [7, 11) is 4.08. The Morgan fingerprint density at radius 3 is 2.86 bits per heavy atom. The van der Waals surface area contributed by atoms with Crippen molar-refractivity contribution >= 4 is 5.91 Å². The Balaban J connectivity index is 1.45. The fraction of sp³-hybridized carbons (Fsp3) is 0.588. The average molecular weight is 304 g/mol. The van der Waals surface area contributed by atoms with Crippen molar-refractivity contribution in [3.05, 3.63) is 30.3 Å². The van der Waals surface area contributed by atoms with Crippen molar-refractivity contribution in [3.8, 4) is 5.75 Å². The van der Waals surface area contributed by atoms with Gasteiger partial charge in [0.1, 0.15) is 5.75 Å². The van der Waals surface area contributed by atoms with Crippen LogP contribution in [0, 0.1) is 5.92 Å². The Labute approximate surface area is 131 Å². The molecule has 3 rings (SSSR count). The molecule has 2 fully saturated rings. The van der Waals surface area contributed by atoms with Crippen molar-refractivity contribution in [2.75, 3.05) is 27.3 Å². The molecule has 0 unspecified atom stereocenters. The van der Waals surface area contributed by atoms with E-state index in [2.05, 4.69) is 10.2 Å². The number of carbonyl (C=O) groups is 1. The number of carbonyl (C=O) groups excluding carboxylic acids is 1. The molecule has 1 saturated carbocycles. The fourth-order valence-corrected chi connectivity index (χ4v) is 3.52. The van der Waals surface area contributed by atoms with Gasteiger partial charge in [0.05, 0.1) is 31.2 Å². The molecule has 1 heterocycles. The van der Waals surface area contributed by atoms with Gasteiger partial charge in [-0.3, -0.25) is 4.79 Å². The van der Waals surface area contributed by atoms with Crippen LogP contribution < -0.4 is 10.1 Å². The summed E-state index contributed by atoms with van der Waals surface area (Å²) in [6, 6.07) is 10.1. The summed E-state index contributed by atoms with van der Waals surface area (Å²) >= 11 is 0. The third kappa shape index (κ3) is 3.10. The molecule has 5 heteroatoms. The van der Waals surface area contributed by atoms with E-state index >= 15 is 0 Å². The Morgan fingerprint density at radius 1 is 1.36 bits per heavy atom. The van der Waals surface area contributed by atoms with Gasteiger partial charge < -0.3 is 19.7 Å². The number of para-hydroxylation sites is 1. The minimum Gasteiger partial charge on any atom is -0.493 e. The number of hydrogen-bond acceptors (Lipinski definition) is 4.